The molecule has 0 saturated carbocycles. The lowest BCUT2D eigenvalue weighted by molar-refractivity contribution is -0.147. The molecule has 1 fully saturated rings. The van der Waals surface area contributed by atoms with E-state index in [1.54, 1.807) is 25.1 Å². The zero-order valence-corrected chi connectivity index (χ0v) is 15.5. The van der Waals surface area contributed by atoms with Gasteiger partial charge in [0.1, 0.15) is 6.54 Å². The zero-order valence-electron chi connectivity index (χ0n) is 14.7. The molecule has 8 nitrogen and oxygen atoms in total. The molecule has 0 bridgehead atoms. The SMILES string of the molecule is Cc1cccc(C(=O)NCC(=O)OCC(=O)N[C@]2(C)CCS(=O)(=O)C2)c1. The van der Waals surface area contributed by atoms with E-state index >= 15 is 0 Å². The van der Waals surface area contributed by atoms with E-state index in [-0.39, 0.29) is 18.1 Å². The fourth-order valence-electron chi connectivity index (χ4n) is 2.72. The second kappa shape index (κ2) is 7.86. The molecule has 2 rings (SSSR count). The molecule has 0 spiro atoms. The van der Waals surface area contributed by atoms with Crippen molar-refractivity contribution in [1.82, 2.24) is 10.6 Å². The minimum atomic E-state index is -3.15. The highest BCUT2D eigenvalue weighted by atomic mass is 32.2. The van der Waals surface area contributed by atoms with Crippen LogP contribution in [0.15, 0.2) is 24.3 Å². The number of hydrogen-bond acceptors (Lipinski definition) is 6. The van der Waals surface area contributed by atoms with Gasteiger partial charge in [0.15, 0.2) is 16.4 Å². The molecule has 26 heavy (non-hydrogen) atoms. The summed E-state index contributed by atoms with van der Waals surface area (Å²) in [7, 11) is -3.15. The molecule has 0 aromatic heterocycles. The Morgan fingerprint density at radius 1 is 1.27 bits per heavy atom. The molecular formula is C17H22N2O6S. The number of ether oxygens (including phenoxy) is 1. The lowest BCUT2D eigenvalue weighted by atomic mass is 10.0. The van der Waals surface area contributed by atoms with Gasteiger partial charge in [-0.05, 0) is 32.4 Å². The van der Waals surface area contributed by atoms with Gasteiger partial charge in [0, 0.05) is 5.56 Å². The van der Waals surface area contributed by atoms with Crippen LogP contribution < -0.4 is 10.6 Å². The van der Waals surface area contributed by atoms with Gasteiger partial charge in [0.2, 0.25) is 0 Å². The fraction of sp³-hybridized carbons (Fsp3) is 0.471. The van der Waals surface area contributed by atoms with Crippen molar-refractivity contribution < 1.29 is 27.5 Å². The number of amides is 2. The van der Waals surface area contributed by atoms with E-state index in [1.165, 1.54) is 0 Å². The van der Waals surface area contributed by atoms with Crippen molar-refractivity contribution in [2.45, 2.75) is 25.8 Å². The number of sulfone groups is 1. The maximum Gasteiger partial charge on any atom is 0.325 e. The van der Waals surface area contributed by atoms with Gasteiger partial charge in [0.25, 0.3) is 11.8 Å². The third kappa shape index (κ3) is 5.83. The second-order valence-electron chi connectivity index (χ2n) is 6.66. The number of benzene rings is 1. The lowest BCUT2D eigenvalue weighted by Crippen LogP contribution is -2.48. The first-order valence-corrected chi connectivity index (χ1v) is 9.93. The summed E-state index contributed by atoms with van der Waals surface area (Å²) in [5.74, 6) is -1.87. The Morgan fingerprint density at radius 2 is 2.00 bits per heavy atom. The molecular weight excluding hydrogens is 360 g/mol. The van der Waals surface area contributed by atoms with Crippen molar-refractivity contribution in [3.63, 3.8) is 0 Å². The highest BCUT2D eigenvalue weighted by Crippen LogP contribution is 2.22. The number of carbonyl (C=O) groups is 3. The topological polar surface area (TPSA) is 119 Å². The molecule has 2 amide bonds. The number of esters is 1. The first-order chi connectivity index (χ1) is 12.1. The molecule has 1 aromatic rings. The molecule has 1 aliphatic heterocycles. The lowest BCUT2D eigenvalue weighted by Gasteiger charge is -2.23. The summed E-state index contributed by atoms with van der Waals surface area (Å²) in [6.07, 6.45) is 0.321. The predicted octanol–water partition coefficient (Wildman–Crippen LogP) is -0.0386. The van der Waals surface area contributed by atoms with Gasteiger partial charge in [-0.15, -0.1) is 0 Å². The summed E-state index contributed by atoms with van der Waals surface area (Å²) >= 11 is 0. The first kappa shape index (κ1) is 19.9. The van der Waals surface area contributed by atoms with Gasteiger partial charge in [-0.25, -0.2) is 8.42 Å². The Bertz CT molecular complexity index is 820. The Balaban J connectivity index is 1.73. The van der Waals surface area contributed by atoms with Crippen molar-refractivity contribution in [1.29, 1.82) is 0 Å². The molecule has 1 saturated heterocycles. The fourth-order valence-corrected chi connectivity index (χ4v) is 4.81. The first-order valence-electron chi connectivity index (χ1n) is 8.10. The van der Waals surface area contributed by atoms with Gasteiger partial charge in [-0.1, -0.05) is 17.7 Å². The number of carbonyl (C=O) groups excluding carboxylic acids is 3. The maximum atomic E-state index is 11.9. The summed E-state index contributed by atoms with van der Waals surface area (Å²) in [5, 5.41) is 5.00. The van der Waals surface area contributed by atoms with Crippen LogP contribution in [0, 0.1) is 6.92 Å². The summed E-state index contributed by atoms with van der Waals surface area (Å²) < 4.78 is 27.8. The molecule has 1 heterocycles. The molecule has 142 valence electrons. The van der Waals surface area contributed by atoms with Gasteiger partial charge in [-0.2, -0.15) is 0 Å². The number of hydrogen-bond donors (Lipinski definition) is 2. The molecule has 1 aromatic carbocycles. The van der Waals surface area contributed by atoms with E-state index in [9.17, 15) is 22.8 Å². The molecule has 0 aliphatic carbocycles. The second-order valence-corrected chi connectivity index (χ2v) is 8.85. The van der Waals surface area contributed by atoms with Crippen molar-refractivity contribution in [2.24, 2.45) is 0 Å². The average Bonchev–Trinajstić information content (AvgIpc) is 2.83. The van der Waals surface area contributed by atoms with E-state index < -0.39 is 39.8 Å². The number of rotatable bonds is 6. The highest BCUT2D eigenvalue weighted by molar-refractivity contribution is 7.91. The van der Waals surface area contributed by atoms with Crippen LogP contribution >= 0.6 is 0 Å². The van der Waals surface area contributed by atoms with Crippen LogP contribution in [0.2, 0.25) is 0 Å². The van der Waals surface area contributed by atoms with E-state index in [0.29, 0.717) is 12.0 Å². The van der Waals surface area contributed by atoms with Gasteiger partial charge >= 0.3 is 5.97 Å². The molecule has 1 aliphatic rings. The summed E-state index contributed by atoms with van der Waals surface area (Å²) in [4.78, 5) is 35.4. The minimum absolute atomic E-state index is 0.0224. The minimum Gasteiger partial charge on any atom is -0.454 e. The van der Waals surface area contributed by atoms with Crippen molar-refractivity contribution in [3.8, 4) is 0 Å². The standard InChI is InChI=1S/C17H22N2O6S/c1-12-4-3-5-13(8-12)16(22)18-9-15(21)25-10-14(20)19-17(2)6-7-26(23,24)11-17/h3-5,8H,6-7,9-11H2,1-2H3,(H,18,22)(H,19,20)/t17-/m1/s1. The van der Waals surface area contributed by atoms with E-state index in [1.807, 2.05) is 13.0 Å². The molecule has 2 N–H and O–H groups in total. The molecule has 0 radical (unpaired) electrons. The third-order valence-electron chi connectivity index (χ3n) is 3.98. The quantitative estimate of drug-likeness (QED) is 0.667. The van der Waals surface area contributed by atoms with Crippen LogP contribution in [-0.2, 0) is 24.2 Å². The Kier molecular flexibility index (Phi) is 6.01. The maximum absolute atomic E-state index is 11.9. The third-order valence-corrected chi connectivity index (χ3v) is 5.89. The van der Waals surface area contributed by atoms with Crippen LogP contribution in [-0.4, -0.2) is 56.4 Å². The van der Waals surface area contributed by atoms with E-state index in [2.05, 4.69) is 10.6 Å². The highest BCUT2D eigenvalue weighted by Gasteiger charge is 2.39. The largest absolute Gasteiger partial charge is 0.454 e. The van der Waals surface area contributed by atoms with Crippen molar-refractivity contribution >= 4 is 27.6 Å². The summed E-state index contributed by atoms with van der Waals surface area (Å²) in [5.41, 5.74) is 0.493. The van der Waals surface area contributed by atoms with Crippen LogP contribution in [0.5, 0.6) is 0 Å². The number of aryl methyl sites for hydroxylation is 1. The van der Waals surface area contributed by atoms with Gasteiger partial charge in [0.05, 0.1) is 17.0 Å². The average molecular weight is 382 g/mol. The van der Waals surface area contributed by atoms with Crippen molar-refractivity contribution in [2.75, 3.05) is 24.7 Å². The Labute approximate surface area is 152 Å². The summed E-state index contributed by atoms with van der Waals surface area (Å²) in [6, 6.07) is 6.89. The Hall–Kier alpha value is -2.42. The predicted molar refractivity (Wildman–Crippen MR) is 94.3 cm³/mol. The van der Waals surface area contributed by atoms with Crippen LogP contribution in [0.1, 0.15) is 29.3 Å². The Morgan fingerprint density at radius 3 is 2.62 bits per heavy atom. The molecule has 1 atom stereocenters. The zero-order chi connectivity index (χ0) is 19.4. The normalized spacial score (nSPS) is 21.0. The van der Waals surface area contributed by atoms with Crippen LogP contribution in [0.25, 0.3) is 0 Å². The summed E-state index contributed by atoms with van der Waals surface area (Å²) in [6.45, 7) is 2.58. The van der Waals surface area contributed by atoms with E-state index in [4.69, 9.17) is 4.74 Å². The smallest absolute Gasteiger partial charge is 0.325 e. The van der Waals surface area contributed by atoms with Gasteiger partial charge < -0.3 is 15.4 Å². The van der Waals surface area contributed by atoms with Crippen molar-refractivity contribution in [3.05, 3.63) is 35.4 Å². The van der Waals surface area contributed by atoms with E-state index in [0.717, 1.165) is 5.56 Å². The number of nitrogens with one attached hydrogen (secondary N) is 2. The monoisotopic (exact) mass is 382 g/mol. The van der Waals surface area contributed by atoms with Crippen LogP contribution in [0.3, 0.4) is 0 Å². The van der Waals surface area contributed by atoms with Crippen LogP contribution in [0.4, 0.5) is 0 Å². The molecule has 9 heteroatoms. The van der Waals surface area contributed by atoms with Gasteiger partial charge in [-0.3, -0.25) is 14.4 Å². The molecule has 0 unspecified atom stereocenters.